The zero-order chi connectivity index (χ0) is 20.2. The summed E-state index contributed by atoms with van der Waals surface area (Å²) in [7, 11) is 0. The van der Waals surface area contributed by atoms with Crippen LogP contribution in [0.2, 0.25) is 0 Å². The first-order valence-electron chi connectivity index (χ1n) is 8.68. The van der Waals surface area contributed by atoms with Gasteiger partial charge in [0.1, 0.15) is 24.8 Å². The number of nitrogens with zero attached hydrogens (tertiary/aromatic N) is 4. The molecule has 2 atom stereocenters. The summed E-state index contributed by atoms with van der Waals surface area (Å²) in [5.41, 5.74) is 0.0750. The minimum atomic E-state index is -1.22. The Morgan fingerprint density at radius 1 is 1.15 bits per heavy atom. The highest BCUT2D eigenvalue weighted by Gasteiger charge is 2.33. The summed E-state index contributed by atoms with van der Waals surface area (Å²) in [6.45, 7) is 8.88. The van der Waals surface area contributed by atoms with Gasteiger partial charge in [0.15, 0.2) is 5.82 Å². The lowest BCUT2D eigenvalue weighted by atomic mass is 9.88. The van der Waals surface area contributed by atoms with Crippen LogP contribution >= 0.6 is 0 Å². The molecule has 2 unspecified atom stereocenters. The van der Waals surface area contributed by atoms with Crippen LogP contribution in [-0.4, -0.2) is 48.6 Å². The van der Waals surface area contributed by atoms with Gasteiger partial charge in [-0.05, 0) is 11.3 Å². The van der Waals surface area contributed by atoms with E-state index < -0.39 is 29.4 Å². The van der Waals surface area contributed by atoms with E-state index in [4.69, 9.17) is 0 Å². The molecule has 0 aliphatic rings. The van der Waals surface area contributed by atoms with Gasteiger partial charge in [-0.25, -0.2) is 15.0 Å². The van der Waals surface area contributed by atoms with E-state index in [0.29, 0.717) is 11.5 Å². The van der Waals surface area contributed by atoms with Gasteiger partial charge in [-0.1, -0.05) is 34.6 Å². The van der Waals surface area contributed by atoms with Crippen molar-refractivity contribution in [2.24, 2.45) is 11.3 Å². The van der Waals surface area contributed by atoms with E-state index in [1.165, 1.54) is 12.7 Å². The molecule has 2 amide bonds. The number of nitrogens with one attached hydrogen (secondary N) is 2. The maximum Gasteiger partial charge on any atom is 0.250 e. The molecule has 2 rings (SSSR count). The smallest absolute Gasteiger partial charge is 0.250 e. The van der Waals surface area contributed by atoms with Gasteiger partial charge in [0.05, 0.1) is 24.3 Å². The zero-order valence-corrected chi connectivity index (χ0v) is 16.2. The molecule has 0 aliphatic heterocycles. The number of imidazole rings is 1. The van der Waals surface area contributed by atoms with Crippen molar-refractivity contribution in [1.82, 2.24) is 24.8 Å². The lowest BCUT2D eigenvalue weighted by Crippen LogP contribution is -2.52. The fourth-order valence-electron chi connectivity index (χ4n) is 2.32. The SMILES string of the molecule is CC(C)C(NC(=O)C(O)C(C)(C)C)C(=O)Nc1cn(-c2cncnc2)cn1. The summed E-state index contributed by atoms with van der Waals surface area (Å²) in [5.74, 6) is -0.830. The summed E-state index contributed by atoms with van der Waals surface area (Å²) >= 11 is 0. The molecule has 146 valence electrons. The second-order valence-corrected chi connectivity index (χ2v) is 7.75. The molecule has 9 nitrogen and oxygen atoms in total. The molecule has 0 aromatic carbocycles. The standard InChI is InChI=1S/C18H26N6O3/c1-11(2)14(23-17(27)15(25)18(3,4)5)16(26)22-13-8-24(10-21-13)12-6-19-9-20-7-12/h6-11,14-15,25H,1-5H3,(H,22,26)(H,23,27). The van der Waals surface area contributed by atoms with Crippen LogP contribution in [0, 0.1) is 11.3 Å². The largest absolute Gasteiger partial charge is 0.383 e. The van der Waals surface area contributed by atoms with E-state index in [0.717, 1.165) is 0 Å². The maximum atomic E-state index is 12.6. The van der Waals surface area contributed by atoms with Gasteiger partial charge >= 0.3 is 0 Å². The molecule has 0 spiro atoms. The molecule has 0 saturated carbocycles. The topological polar surface area (TPSA) is 122 Å². The van der Waals surface area contributed by atoms with Crippen molar-refractivity contribution in [3.05, 3.63) is 31.2 Å². The quantitative estimate of drug-likeness (QED) is 0.697. The molecule has 0 bridgehead atoms. The van der Waals surface area contributed by atoms with E-state index in [-0.39, 0.29) is 5.92 Å². The third kappa shape index (κ3) is 5.33. The van der Waals surface area contributed by atoms with Crippen molar-refractivity contribution < 1.29 is 14.7 Å². The maximum absolute atomic E-state index is 12.6. The number of aliphatic hydroxyl groups is 1. The predicted molar refractivity (Wildman–Crippen MR) is 100 cm³/mol. The van der Waals surface area contributed by atoms with Gasteiger partial charge in [-0.15, -0.1) is 0 Å². The number of hydrogen-bond donors (Lipinski definition) is 3. The first-order valence-corrected chi connectivity index (χ1v) is 8.68. The molecule has 2 aromatic heterocycles. The van der Waals surface area contributed by atoms with Gasteiger partial charge < -0.3 is 20.3 Å². The molecule has 27 heavy (non-hydrogen) atoms. The number of anilines is 1. The van der Waals surface area contributed by atoms with Crippen LogP contribution in [0.5, 0.6) is 0 Å². The second kappa shape index (κ2) is 8.26. The van der Waals surface area contributed by atoms with E-state index >= 15 is 0 Å². The average Bonchev–Trinajstić information content (AvgIpc) is 3.06. The van der Waals surface area contributed by atoms with Crippen LogP contribution in [0.1, 0.15) is 34.6 Å². The minimum absolute atomic E-state index is 0.175. The summed E-state index contributed by atoms with van der Waals surface area (Å²) in [5, 5.41) is 15.4. The molecule has 0 aliphatic carbocycles. The lowest BCUT2D eigenvalue weighted by molar-refractivity contribution is -0.137. The Balaban J connectivity index is 2.07. The van der Waals surface area contributed by atoms with E-state index in [9.17, 15) is 14.7 Å². The monoisotopic (exact) mass is 374 g/mol. The van der Waals surface area contributed by atoms with Crippen molar-refractivity contribution in [2.75, 3.05) is 5.32 Å². The molecule has 2 heterocycles. The van der Waals surface area contributed by atoms with Crippen LogP contribution in [-0.2, 0) is 9.59 Å². The average molecular weight is 374 g/mol. The molecule has 0 fully saturated rings. The number of hydrogen-bond acceptors (Lipinski definition) is 6. The van der Waals surface area contributed by atoms with Crippen LogP contribution in [0.3, 0.4) is 0 Å². The molecule has 0 radical (unpaired) electrons. The van der Waals surface area contributed by atoms with Gasteiger partial charge in [0.25, 0.3) is 0 Å². The third-order valence-corrected chi connectivity index (χ3v) is 3.99. The van der Waals surface area contributed by atoms with Crippen LogP contribution in [0.4, 0.5) is 5.82 Å². The minimum Gasteiger partial charge on any atom is -0.383 e. The highest BCUT2D eigenvalue weighted by atomic mass is 16.3. The van der Waals surface area contributed by atoms with Crippen molar-refractivity contribution in [1.29, 1.82) is 0 Å². The van der Waals surface area contributed by atoms with Crippen LogP contribution < -0.4 is 10.6 Å². The number of aliphatic hydroxyl groups excluding tert-OH is 1. The van der Waals surface area contributed by atoms with E-state index in [1.54, 1.807) is 43.9 Å². The van der Waals surface area contributed by atoms with E-state index in [1.807, 2.05) is 13.8 Å². The molecule has 2 aromatic rings. The number of aromatic nitrogens is 4. The molecule has 9 heteroatoms. The molecular formula is C18H26N6O3. The highest BCUT2D eigenvalue weighted by molar-refractivity contribution is 5.97. The second-order valence-electron chi connectivity index (χ2n) is 7.75. The summed E-state index contributed by atoms with van der Waals surface area (Å²) in [6.07, 6.45) is 6.59. The normalized spacial score (nSPS) is 13.9. The van der Waals surface area contributed by atoms with Crippen LogP contribution in [0.15, 0.2) is 31.2 Å². The first-order chi connectivity index (χ1) is 12.6. The zero-order valence-electron chi connectivity index (χ0n) is 16.2. The fraction of sp³-hybridized carbons (Fsp3) is 0.500. The molecule has 0 saturated heterocycles. The summed E-state index contributed by atoms with van der Waals surface area (Å²) in [4.78, 5) is 36.9. The van der Waals surface area contributed by atoms with Crippen molar-refractivity contribution in [3.63, 3.8) is 0 Å². The molecule has 3 N–H and O–H groups in total. The Kier molecular flexibility index (Phi) is 6.27. The number of amides is 2. The highest BCUT2D eigenvalue weighted by Crippen LogP contribution is 2.19. The van der Waals surface area contributed by atoms with Crippen molar-refractivity contribution in [2.45, 2.75) is 46.8 Å². The van der Waals surface area contributed by atoms with Gasteiger partial charge in [-0.2, -0.15) is 0 Å². The van der Waals surface area contributed by atoms with Crippen molar-refractivity contribution >= 4 is 17.6 Å². The Morgan fingerprint density at radius 2 is 1.78 bits per heavy atom. The Bertz CT molecular complexity index is 782. The number of carbonyl (C=O) groups excluding carboxylic acids is 2. The van der Waals surface area contributed by atoms with Crippen molar-refractivity contribution in [3.8, 4) is 5.69 Å². The lowest BCUT2D eigenvalue weighted by Gasteiger charge is -2.28. The number of carbonyl (C=O) groups is 2. The summed E-state index contributed by atoms with van der Waals surface area (Å²) < 4.78 is 1.67. The van der Waals surface area contributed by atoms with Gasteiger partial charge in [0.2, 0.25) is 11.8 Å². The Labute approximate surface area is 158 Å². The molecular weight excluding hydrogens is 348 g/mol. The van der Waals surface area contributed by atoms with Crippen LogP contribution in [0.25, 0.3) is 5.69 Å². The Hall–Kier alpha value is -2.81. The first kappa shape index (κ1) is 20.5. The summed E-state index contributed by atoms with van der Waals surface area (Å²) in [6, 6.07) is -0.806. The van der Waals surface area contributed by atoms with Gasteiger partial charge in [0, 0.05) is 0 Å². The van der Waals surface area contributed by atoms with E-state index in [2.05, 4.69) is 25.6 Å². The fourth-order valence-corrected chi connectivity index (χ4v) is 2.32. The number of rotatable bonds is 6. The third-order valence-electron chi connectivity index (χ3n) is 3.99. The van der Waals surface area contributed by atoms with Gasteiger partial charge in [-0.3, -0.25) is 9.59 Å². The Morgan fingerprint density at radius 3 is 2.33 bits per heavy atom. The predicted octanol–water partition coefficient (Wildman–Crippen LogP) is 1.15.